The lowest BCUT2D eigenvalue weighted by molar-refractivity contribution is 0.297. The standard InChI is InChI=1S/C17H36N4.HI/c1-5-21(6-2)14-8-7-13-19-17(18-4)20-16-11-9-15(3)10-12-16;/h15-16H,5-14H2,1-4H3,(H2,18,19,20);1H. The summed E-state index contributed by atoms with van der Waals surface area (Å²) < 4.78 is 0. The Morgan fingerprint density at radius 2 is 1.73 bits per heavy atom. The molecule has 0 aromatic heterocycles. The Morgan fingerprint density at radius 3 is 2.27 bits per heavy atom. The molecule has 0 aromatic rings. The van der Waals surface area contributed by atoms with Gasteiger partial charge in [-0.1, -0.05) is 20.8 Å². The number of guanidine groups is 1. The lowest BCUT2D eigenvalue weighted by Crippen LogP contribution is -2.45. The van der Waals surface area contributed by atoms with Gasteiger partial charge in [0.2, 0.25) is 0 Å². The summed E-state index contributed by atoms with van der Waals surface area (Å²) in [5.41, 5.74) is 0. The molecule has 1 aliphatic carbocycles. The van der Waals surface area contributed by atoms with Gasteiger partial charge < -0.3 is 15.5 Å². The monoisotopic (exact) mass is 424 g/mol. The topological polar surface area (TPSA) is 39.7 Å². The molecule has 5 heteroatoms. The molecule has 0 bridgehead atoms. The van der Waals surface area contributed by atoms with Gasteiger partial charge in [-0.15, -0.1) is 24.0 Å². The normalized spacial score (nSPS) is 22.3. The van der Waals surface area contributed by atoms with Crippen molar-refractivity contribution >= 4 is 29.9 Å². The second-order valence-electron chi connectivity index (χ2n) is 6.33. The minimum Gasteiger partial charge on any atom is -0.356 e. The number of nitrogens with zero attached hydrogens (tertiary/aromatic N) is 2. The Balaban J connectivity index is 0.00000441. The van der Waals surface area contributed by atoms with E-state index in [0.29, 0.717) is 6.04 Å². The van der Waals surface area contributed by atoms with E-state index in [1.165, 1.54) is 45.1 Å². The van der Waals surface area contributed by atoms with Crippen LogP contribution in [0.15, 0.2) is 4.99 Å². The minimum absolute atomic E-state index is 0. The van der Waals surface area contributed by atoms with Crippen LogP contribution in [0.1, 0.15) is 59.3 Å². The smallest absolute Gasteiger partial charge is 0.191 e. The van der Waals surface area contributed by atoms with Crippen molar-refractivity contribution in [1.82, 2.24) is 15.5 Å². The highest BCUT2D eigenvalue weighted by atomic mass is 127. The summed E-state index contributed by atoms with van der Waals surface area (Å²) in [6, 6.07) is 0.614. The maximum atomic E-state index is 4.35. The molecule has 1 saturated carbocycles. The van der Waals surface area contributed by atoms with Crippen molar-refractivity contribution in [3.63, 3.8) is 0 Å². The van der Waals surface area contributed by atoms with Crippen LogP contribution >= 0.6 is 24.0 Å². The van der Waals surface area contributed by atoms with Gasteiger partial charge in [-0.25, -0.2) is 0 Å². The first-order valence-corrected chi connectivity index (χ1v) is 8.89. The highest BCUT2D eigenvalue weighted by molar-refractivity contribution is 14.0. The van der Waals surface area contributed by atoms with E-state index in [0.717, 1.165) is 31.5 Å². The molecule has 1 aliphatic rings. The summed E-state index contributed by atoms with van der Waals surface area (Å²) in [6.07, 6.45) is 7.72. The molecule has 4 nitrogen and oxygen atoms in total. The van der Waals surface area contributed by atoms with Crippen LogP contribution in [0, 0.1) is 5.92 Å². The van der Waals surface area contributed by atoms with Crippen molar-refractivity contribution in [3.8, 4) is 0 Å². The third kappa shape index (κ3) is 9.18. The zero-order valence-electron chi connectivity index (χ0n) is 15.0. The quantitative estimate of drug-likeness (QED) is 0.271. The summed E-state index contributed by atoms with van der Waals surface area (Å²) in [6.45, 7) is 11.4. The first-order valence-electron chi connectivity index (χ1n) is 8.89. The van der Waals surface area contributed by atoms with E-state index < -0.39 is 0 Å². The Hall–Kier alpha value is -0.0400. The van der Waals surface area contributed by atoms with E-state index >= 15 is 0 Å². The molecule has 22 heavy (non-hydrogen) atoms. The number of rotatable bonds is 8. The molecule has 0 aliphatic heterocycles. The largest absolute Gasteiger partial charge is 0.356 e. The lowest BCUT2D eigenvalue weighted by atomic mass is 9.87. The number of nitrogens with one attached hydrogen (secondary N) is 2. The second-order valence-corrected chi connectivity index (χ2v) is 6.33. The van der Waals surface area contributed by atoms with Crippen molar-refractivity contribution in [2.24, 2.45) is 10.9 Å². The number of unbranched alkanes of at least 4 members (excludes halogenated alkanes) is 1. The molecular weight excluding hydrogens is 387 g/mol. The Morgan fingerprint density at radius 1 is 1.09 bits per heavy atom. The van der Waals surface area contributed by atoms with Crippen molar-refractivity contribution in [3.05, 3.63) is 0 Å². The van der Waals surface area contributed by atoms with Gasteiger partial charge in [0.1, 0.15) is 0 Å². The van der Waals surface area contributed by atoms with Gasteiger partial charge in [-0.3, -0.25) is 4.99 Å². The first-order chi connectivity index (χ1) is 10.2. The number of hydrogen-bond donors (Lipinski definition) is 2. The predicted molar refractivity (Wildman–Crippen MR) is 108 cm³/mol. The fraction of sp³-hybridized carbons (Fsp3) is 0.941. The fourth-order valence-electron chi connectivity index (χ4n) is 3.00. The van der Waals surface area contributed by atoms with Gasteiger partial charge in [-0.05, 0) is 64.1 Å². The Kier molecular flexibility index (Phi) is 13.4. The van der Waals surface area contributed by atoms with Crippen LogP contribution in [0.5, 0.6) is 0 Å². The second kappa shape index (κ2) is 13.4. The summed E-state index contributed by atoms with van der Waals surface area (Å²) >= 11 is 0. The highest BCUT2D eigenvalue weighted by Crippen LogP contribution is 2.23. The molecule has 0 amide bonds. The van der Waals surface area contributed by atoms with Crippen LogP contribution < -0.4 is 10.6 Å². The average Bonchev–Trinajstić information content (AvgIpc) is 2.51. The number of aliphatic imine (C=N–C) groups is 1. The van der Waals surface area contributed by atoms with Gasteiger partial charge >= 0.3 is 0 Å². The molecular formula is C17H37IN4. The Labute approximate surface area is 154 Å². The number of hydrogen-bond acceptors (Lipinski definition) is 2. The number of halogens is 1. The fourth-order valence-corrected chi connectivity index (χ4v) is 3.00. The van der Waals surface area contributed by atoms with Crippen molar-refractivity contribution in [1.29, 1.82) is 0 Å². The van der Waals surface area contributed by atoms with Gasteiger partial charge in [0.05, 0.1) is 0 Å². The molecule has 0 aromatic carbocycles. The molecule has 0 radical (unpaired) electrons. The van der Waals surface area contributed by atoms with Crippen LogP contribution in [0.25, 0.3) is 0 Å². The molecule has 2 N–H and O–H groups in total. The third-order valence-electron chi connectivity index (χ3n) is 4.67. The molecule has 0 unspecified atom stereocenters. The SMILES string of the molecule is CCN(CC)CCCCNC(=NC)NC1CCC(C)CC1.I. The summed E-state index contributed by atoms with van der Waals surface area (Å²) in [7, 11) is 1.87. The summed E-state index contributed by atoms with van der Waals surface area (Å²) in [5.74, 6) is 1.88. The van der Waals surface area contributed by atoms with Gasteiger partial charge in [0, 0.05) is 19.6 Å². The predicted octanol–water partition coefficient (Wildman–Crippen LogP) is 3.47. The van der Waals surface area contributed by atoms with Crippen molar-refractivity contribution in [2.45, 2.75) is 65.3 Å². The maximum absolute atomic E-state index is 4.35. The molecule has 0 saturated heterocycles. The van der Waals surface area contributed by atoms with E-state index in [9.17, 15) is 0 Å². The van der Waals surface area contributed by atoms with Crippen LogP contribution in [0.3, 0.4) is 0 Å². The van der Waals surface area contributed by atoms with E-state index in [1.807, 2.05) is 7.05 Å². The molecule has 0 heterocycles. The first kappa shape index (κ1) is 22.0. The molecule has 0 spiro atoms. The molecule has 1 fully saturated rings. The maximum Gasteiger partial charge on any atom is 0.191 e. The minimum atomic E-state index is 0. The van der Waals surface area contributed by atoms with Crippen LogP contribution in [-0.4, -0.2) is 50.1 Å². The third-order valence-corrected chi connectivity index (χ3v) is 4.67. The molecule has 0 atom stereocenters. The summed E-state index contributed by atoms with van der Waals surface area (Å²) in [5, 5.41) is 7.03. The van der Waals surface area contributed by atoms with E-state index in [-0.39, 0.29) is 24.0 Å². The highest BCUT2D eigenvalue weighted by Gasteiger charge is 2.18. The Bertz CT molecular complexity index is 284. The van der Waals surface area contributed by atoms with E-state index in [4.69, 9.17) is 0 Å². The summed E-state index contributed by atoms with van der Waals surface area (Å²) in [4.78, 5) is 6.83. The van der Waals surface area contributed by atoms with Gasteiger partial charge in [0.25, 0.3) is 0 Å². The molecule has 132 valence electrons. The van der Waals surface area contributed by atoms with Crippen LogP contribution in [-0.2, 0) is 0 Å². The van der Waals surface area contributed by atoms with Gasteiger partial charge in [-0.2, -0.15) is 0 Å². The molecule has 1 rings (SSSR count). The van der Waals surface area contributed by atoms with E-state index in [1.54, 1.807) is 0 Å². The van der Waals surface area contributed by atoms with Crippen molar-refractivity contribution in [2.75, 3.05) is 33.2 Å². The zero-order valence-corrected chi connectivity index (χ0v) is 17.4. The average molecular weight is 424 g/mol. The lowest BCUT2D eigenvalue weighted by Gasteiger charge is -2.28. The van der Waals surface area contributed by atoms with Crippen LogP contribution in [0.2, 0.25) is 0 Å². The van der Waals surface area contributed by atoms with Crippen LogP contribution in [0.4, 0.5) is 0 Å². The zero-order chi connectivity index (χ0) is 15.5. The van der Waals surface area contributed by atoms with E-state index in [2.05, 4.69) is 41.3 Å². The van der Waals surface area contributed by atoms with Gasteiger partial charge in [0.15, 0.2) is 5.96 Å². The van der Waals surface area contributed by atoms with Crippen molar-refractivity contribution < 1.29 is 0 Å².